The van der Waals surface area contributed by atoms with E-state index in [2.05, 4.69) is 49.0 Å². The third-order valence-corrected chi connectivity index (χ3v) is 5.83. The van der Waals surface area contributed by atoms with Crippen LogP contribution in [-0.2, 0) is 19.5 Å². The lowest BCUT2D eigenvalue weighted by atomic mass is 10.1. The number of furan rings is 1. The molecule has 0 N–H and O–H groups in total. The molecule has 29 heavy (non-hydrogen) atoms. The fourth-order valence-corrected chi connectivity index (χ4v) is 4.13. The van der Waals surface area contributed by atoms with Gasteiger partial charge >= 0.3 is 0 Å². The lowest BCUT2D eigenvalue weighted by Crippen LogP contribution is -2.31. The van der Waals surface area contributed by atoms with Crippen molar-refractivity contribution in [2.75, 3.05) is 6.54 Å². The Hall–Kier alpha value is -2.83. The van der Waals surface area contributed by atoms with Crippen LogP contribution in [0.1, 0.15) is 16.8 Å². The Bertz CT molecular complexity index is 1130. The van der Waals surface area contributed by atoms with E-state index in [0.29, 0.717) is 11.6 Å². The van der Waals surface area contributed by atoms with Gasteiger partial charge in [-0.15, -0.1) is 0 Å². The standard InChI is InChI=1S/C23H19BrN4O/c24-19-5-2-1-4-18(19)21-8-7-16(12-25-21)14-28-10-9-20-17(15-28)13-26-23(27-20)22-6-3-11-29-22/h1-8,11-13H,9-10,14-15H2. The topological polar surface area (TPSA) is 55.1 Å². The molecule has 1 aliphatic heterocycles. The average Bonchev–Trinajstić information content (AvgIpc) is 3.29. The van der Waals surface area contributed by atoms with Crippen LogP contribution in [0.4, 0.5) is 0 Å². The number of fused-ring (bicyclic) bond motifs is 1. The number of rotatable bonds is 4. The third-order valence-electron chi connectivity index (χ3n) is 5.14. The zero-order chi connectivity index (χ0) is 19.6. The number of benzene rings is 1. The van der Waals surface area contributed by atoms with Gasteiger partial charge in [-0.2, -0.15) is 0 Å². The Morgan fingerprint density at radius 1 is 1.00 bits per heavy atom. The van der Waals surface area contributed by atoms with E-state index in [-0.39, 0.29) is 0 Å². The second-order valence-electron chi connectivity index (χ2n) is 7.14. The molecule has 144 valence electrons. The number of nitrogens with zero attached hydrogens (tertiary/aromatic N) is 4. The van der Waals surface area contributed by atoms with Crippen LogP contribution in [-0.4, -0.2) is 26.4 Å². The second kappa shape index (κ2) is 7.89. The lowest BCUT2D eigenvalue weighted by molar-refractivity contribution is 0.242. The summed E-state index contributed by atoms with van der Waals surface area (Å²) in [5.74, 6) is 1.38. The predicted octanol–water partition coefficient (Wildman–Crippen LogP) is 5.12. The monoisotopic (exact) mass is 446 g/mol. The number of hydrogen-bond acceptors (Lipinski definition) is 5. The maximum absolute atomic E-state index is 5.41. The van der Waals surface area contributed by atoms with Crippen LogP contribution in [0.25, 0.3) is 22.8 Å². The minimum absolute atomic E-state index is 0.661. The number of hydrogen-bond donors (Lipinski definition) is 0. The second-order valence-corrected chi connectivity index (χ2v) is 7.99. The number of pyridine rings is 1. The van der Waals surface area contributed by atoms with Gasteiger partial charge in [-0.25, -0.2) is 9.97 Å². The molecule has 0 unspecified atom stereocenters. The Morgan fingerprint density at radius 2 is 1.93 bits per heavy atom. The van der Waals surface area contributed by atoms with E-state index in [1.165, 1.54) is 11.1 Å². The fraction of sp³-hybridized carbons (Fsp3) is 0.174. The molecule has 0 aliphatic carbocycles. The van der Waals surface area contributed by atoms with Crippen LogP contribution in [0, 0.1) is 0 Å². The maximum Gasteiger partial charge on any atom is 0.195 e. The highest BCUT2D eigenvalue weighted by molar-refractivity contribution is 9.10. The van der Waals surface area contributed by atoms with Crippen molar-refractivity contribution in [1.29, 1.82) is 0 Å². The van der Waals surface area contributed by atoms with Crippen molar-refractivity contribution in [2.45, 2.75) is 19.5 Å². The summed E-state index contributed by atoms with van der Waals surface area (Å²) in [7, 11) is 0. The molecule has 4 aromatic rings. The molecule has 3 aromatic heterocycles. The van der Waals surface area contributed by atoms with E-state index in [0.717, 1.165) is 47.5 Å². The van der Waals surface area contributed by atoms with Crippen LogP contribution in [0.5, 0.6) is 0 Å². The molecule has 4 heterocycles. The molecular formula is C23H19BrN4O. The van der Waals surface area contributed by atoms with Crippen molar-refractivity contribution >= 4 is 15.9 Å². The maximum atomic E-state index is 5.41. The fourth-order valence-electron chi connectivity index (χ4n) is 3.64. The molecule has 0 saturated heterocycles. The molecule has 6 heteroatoms. The smallest absolute Gasteiger partial charge is 0.195 e. The van der Waals surface area contributed by atoms with Crippen LogP contribution < -0.4 is 0 Å². The molecule has 0 bridgehead atoms. The molecule has 5 nitrogen and oxygen atoms in total. The largest absolute Gasteiger partial charge is 0.461 e. The highest BCUT2D eigenvalue weighted by atomic mass is 79.9. The molecular weight excluding hydrogens is 428 g/mol. The van der Waals surface area contributed by atoms with Crippen LogP contribution >= 0.6 is 15.9 Å². The van der Waals surface area contributed by atoms with Gasteiger partial charge in [0, 0.05) is 54.0 Å². The van der Waals surface area contributed by atoms with Crippen LogP contribution in [0.15, 0.2) is 76.1 Å². The first kappa shape index (κ1) is 18.2. The van der Waals surface area contributed by atoms with Crippen LogP contribution in [0.3, 0.4) is 0 Å². The van der Waals surface area contributed by atoms with Crippen molar-refractivity contribution in [2.24, 2.45) is 0 Å². The zero-order valence-corrected chi connectivity index (χ0v) is 17.3. The summed E-state index contributed by atoms with van der Waals surface area (Å²) >= 11 is 3.60. The zero-order valence-electron chi connectivity index (χ0n) is 15.8. The summed E-state index contributed by atoms with van der Waals surface area (Å²) in [5, 5.41) is 0. The van der Waals surface area contributed by atoms with E-state index >= 15 is 0 Å². The lowest BCUT2D eigenvalue weighted by Gasteiger charge is -2.27. The number of aromatic nitrogens is 3. The molecule has 5 rings (SSSR count). The highest BCUT2D eigenvalue weighted by Gasteiger charge is 2.19. The first-order chi connectivity index (χ1) is 14.3. The summed E-state index contributed by atoms with van der Waals surface area (Å²) < 4.78 is 6.47. The molecule has 0 saturated carbocycles. The summed E-state index contributed by atoms with van der Waals surface area (Å²) in [5.41, 5.74) is 5.59. The first-order valence-corrected chi connectivity index (χ1v) is 10.4. The predicted molar refractivity (Wildman–Crippen MR) is 115 cm³/mol. The van der Waals surface area contributed by atoms with Gasteiger partial charge in [0.2, 0.25) is 0 Å². The van der Waals surface area contributed by atoms with Gasteiger partial charge in [-0.3, -0.25) is 9.88 Å². The summed E-state index contributed by atoms with van der Waals surface area (Å²) in [4.78, 5) is 16.3. The molecule has 0 fully saturated rings. The van der Waals surface area contributed by atoms with E-state index in [9.17, 15) is 0 Å². The molecule has 0 atom stereocenters. The molecule has 0 amide bonds. The molecule has 1 aromatic carbocycles. The van der Waals surface area contributed by atoms with Gasteiger partial charge in [0.1, 0.15) is 0 Å². The Balaban J connectivity index is 1.28. The summed E-state index contributed by atoms with van der Waals surface area (Å²) in [6.45, 7) is 2.68. The van der Waals surface area contributed by atoms with Crippen molar-refractivity contribution in [1.82, 2.24) is 19.9 Å². The third kappa shape index (κ3) is 3.86. The van der Waals surface area contributed by atoms with Gasteiger partial charge in [0.15, 0.2) is 11.6 Å². The van der Waals surface area contributed by atoms with Crippen molar-refractivity contribution < 1.29 is 4.42 Å². The molecule has 1 aliphatic rings. The van der Waals surface area contributed by atoms with E-state index < -0.39 is 0 Å². The SMILES string of the molecule is Brc1ccccc1-c1ccc(CN2CCc3nc(-c4ccco4)ncc3C2)cn1. The van der Waals surface area contributed by atoms with E-state index in [4.69, 9.17) is 9.40 Å². The van der Waals surface area contributed by atoms with E-state index in [1.807, 2.05) is 42.7 Å². The molecule has 0 radical (unpaired) electrons. The normalized spacial score (nSPS) is 14.0. The summed E-state index contributed by atoms with van der Waals surface area (Å²) in [6.07, 6.45) is 6.46. The first-order valence-electron chi connectivity index (χ1n) is 9.57. The Kier molecular flexibility index (Phi) is 4.96. The van der Waals surface area contributed by atoms with Gasteiger partial charge in [-0.05, 0) is 29.8 Å². The van der Waals surface area contributed by atoms with Gasteiger partial charge in [-0.1, -0.05) is 40.2 Å². The quantitative estimate of drug-likeness (QED) is 0.435. The van der Waals surface area contributed by atoms with Crippen molar-refractivity contribution in [3.63, 3.8) is 0 Å². The minimum atomic E-state index is 0.661. The van der Waals surface area contributed by atoms with Crippen LogP contribution in [0.2, 0.25) is 0 Å². The van der Waals surface area contributed by atoms with Crippen molar-refractivity contribution in [3.05, 3.63) is 88.5 Å². The molecule has 0 spiro atoms. The average molecular weight is 447 g/mol. The number of halogens is 1. The summed E-state index contributed by atoms with van der Waals surface area (Å²) in [6, 6.07) is 16.1. The van der Waals surface area contributed by atoms with Gasteiger partial charge in [0.25, 0.3) is 0 Å². The minimum Gasteiger partial charge on any atom is -0.461 e. The highest BCUT2D eigenvalue weighted by Crippen LogP contribution is 2.27. The van der Waals surface area contributed by atoms with Gasteiger partial charge < -0.3 is 4.42 Å². The Labute approximate surface area is 177 Å². The van der Waals surface area contributed by atoms with E-state index in [1.54, 1.807) is 6.26 Å². The van der Waals surface area contributed by atoms with Crippen molar-refractivity contribution in [3.8, 4) is 22.8 Å². The Morgan fingerprint density at radius 3 is 2.72 bits per heavy atom. The van der Waals surface area contributed by atoms with Gasteiger partial charge in [0.05, 0.1) is 17.7 Å².